The van der Waals surface area contributed by atoms with Gasteiger partial charge in [-0.25, -0.2) is 24.1 Å². The van der Waals surface area contributed by atoms with E-state index in [-0.39, 0.29) is 52.5 Å². The maximum atomic E-state index is 11.6. The maximum absolute atomic E-state index is 11.6. The number of fused-ring (bicyclic) bond motifs is 1. The van der Waals surface area contributed by atoms with Gasteiger partial charge in [0, 0.05) is 4.91 Å². The van der Waals surface area contributed by atoms with Gasteiger partial charge in [-0.3, -0.25) is 9.09 Å². The number of phosphoric acid groups is 2. The molecule has 2 aromatic rings. The number of aromatic nitrogens is 4. The summed E-state index contributed by atoms with van der Waals surface area (Å²) >= 11 is 0. The quantitative estimate of drug-likeness (QED) is 0.0712. The number of aliphatic hydroxyl groups excluding tert-OH is 2. The molecule has 1 aliphatic heterocycles. The van der Waals surface area contributed by atoms with Gasteiger partial charge in [0.2, 0.25) is 5.95 Å². The molecule has 2 aromatic heterocycles. The zero-order valence-electron chi connectivity index (χ0n) is 15.5. The van der Waals surface area contributed by atoms with Crippen LogP contribution in [0.15, 0.2) is 11.4 Å². The van der Waals surface area contributed by atoms with E-state index in [2.05, 4.69) is 33.8 Å². The minimum atomic E-state index is -5.35. The molecule has 1 unspecified atom stereocenters. The minimum Gasteiger partial charge on any atom is -0.387 e. The van der Waals surface area contributed by atoms with Crippen LogP contribution in [-0.2, 0) is 22.7 Å². The summed E-state index contributed by atoms with van der Waals surface area (Å²) in [5, 5.41) is 23.9. The van der Waals surface area contributed by atoms with Gasteiger partial charge in [-0.15, -0.1) is 0 Å². The summed E-state index contributed by atoms with van der Waals surface area (Å²) in [5.74, 6) is -0.410. The molecule has 0 aliphatic carbocycles. The third kappa shape index (κ3) is 5.78. The van der Waals surface area contributed by atoms with Gasteiger partial charge in [0.25, 0.3) is 0 Å². The van der Waals surface area contributed by atoms with Crippen molar-refractivity contribution >= 4 is 38.6 Å². The molecule has 5 atom stereocenters. The number of azide groups is 1. The summed E-state index contributed by atoms with van der Waals surface area (Å²) < 4.78 is 36.7. The second-order valence-corrected chi connectivity index (χ2v) is 8.61. The number of hydrogen-bond acceptors (Lipinski definition) is 12. The molecular weight excluding hydrogens is 477 g/mol. The van der Waals surface area contributed by atoms with Gasteiger partial charge < -0.3 is 35.4 Å². The molecule has 0 saturated carbocycles. The van der Waals surface area contributed by atoms with E-state index in [1.54, 1.807) is 0 Å². The zero-order valence-corrected chi connectivity index (χ0v) is 19.3. The zero-order chi connectivity index (χ0) is 22.3. The Labute approximate surface area is 193 Å². The molecule has 0 radical (unpaired) electrons. The molecule has 164 valence electrons. The van der Waals surface area contributed by atoms with E-state index in [1.165, 1.54) is 0 Å². The number of hydrogen-bond donors (Lipinski definition) is 6. The Balaban J connectivity index is 0.00000341. The van der Waals surface area contributed by atoms with Crippen LogP contribution in [0, 0.1) is 0 Å². The summed E-state index contributed by atoms with van der Waals surface area (Å²) in [4.78, 5) is 40.7. The monoisotopic (exact) mass is 491 g/mol. The van der Waals surface area contributed by atoms with Crippen molar-refractivity contribution in [3.63, 3.8) is 0 Å². The number of nitrogens with two attached hydrogens (primary N) is 1. The molecule has 7 N–H and O–H groups in total. The number of phosphoric ester groups is 1. The standard InChI is InChI=1S/C10H14N8O10P2.Na/c11-7-4-8(14-2-13-7)18(10(15-4)16-17-12)9-6(20)5(19)3(27-9)1-26-30(24,25)28-29(21,22)23;/h2-3,5-6,9,19-20H,1H2,(H,24,25)(H2,11,13,14)(H2,21,22,23);/q;+1/t3-,5-,6-,9-;/m1./s1. The van der Waals surface area contributed by atoms with Crippen molar-refractivity contribution in [1.29, 1.82) is 0 Å². The molecular formula is C10H14N8NaO10P2+. The van der Waals surface area contributed by atoms with Crippen molar-refractivity contribution in [3.05, 3.63) is 16.8 Å². The Bertz CT molecular complexity index is 1100. The first-order chi connectivity index (χ1) is 13.9. The molecule has 1 aliphatic rings. The Morgan fingerprint density at radius 1 is 1.29 bits per heavy atom. The molecule has 3 rings (SSSR count). The van der Waals surface area contributed by atoms with E-state index < -0.39 is 46.8 Å². The van der Waals surface area contributed by atoms with E-state index >= 15 is 0 Å². The first-order valence-electron chi connectivity index (χ1n) is 7.73. The van der Waals surface area contributed by atoms with E-state index in [1.807, 2.05) is 0 Å². The molecule has 0 aromatic carbocycles. The molecule has 0 spiro atoms. The molecule has 0 amide bonds. The Morgan fingerprint density at radius 2 is 1.97 bits per heavy atom. The smallest absolute Gasteiger partial charge is 0.387 e. The van der Waals surface area contributed by atoms with Crippen LogP contribution in [0.1, 0.15) is 6.23 Å². The number of rotatable bonds is 7. The Morgan fingerprint density at radius 3 is 2.58 bits per heavy atom. The summed E-state index contributed by atoms with van der Waals surface area (Å²) in [6.07, 6.45) is -5.27. The fourth-order valence-corrected chi connectivity index (χ4v) is 4.26. The first-order valence-corrected chi connectivity index (χ1v) is 10.8. The molecule has 31 heavy (non-hydrogen) atoms. The van der Waals surface area contributed by atoms with Gasteiger partial charge >= 0.3 is 45.2 Å². The van der Waals surface area contributed by atoms with Gasteiger partial charge in [0.15, 0.2) is 23.2 Å². The average molecular weight is 491 g/mol. The van der Waals surface area contributed by atoms with Gasteiger partial charge in [-0.2, -0.15) is 4.31 Å². The summed E-state index contributed by atoms with van der Waals surface area (Å²) in [6, 6.07) is 0. The second-order valence-electron chi connectivity index (χ2n) is 5.79. The number of imidazole rings is 1. The van der Waals surface area contributed by atoms with E-state index in [0.717, 1.165) is 10.9 Å². The number of aliphatic hydroxyl groups is 2. The van der Waals surface area contributed by atoms with E-state index in [0.29, 0.717) is 0 Å². The number of ether oxygens (including phenoxy) is 1. The molecule has 21 heteroatoms. The van der Waals surface area contributed by atoms with Crippen LogP contribution < -0.4 is 35.3 Å². The van der Waals surface area contributed by atoms with Crippen molar-refractivity contribution in [3.8, 4) is 0 Å². The predicted molar refractivity (Wildman–Crippen MR) is 93.4 cm³/mol. The van der Waals surface area contributed by atoms with Gasteiger partial charge in [0.05, 0.1) is 6.61 Å². The number of nitrogens with zero attached hydrogens (tertiary/aromatic N) is 7. The van der Waals surface area contributed by atoms with Crippen molar-refractivity contribution < 1.29 is 77.2 Å². The predicted octanol–water partition coefficient (Wildman–Crippen LogP) is -3.80. The minimum absolute atomic E-state index is 0. The molecule has 3 heterocycles. The maximum Gasteiger partial charge on any atom is 1.00 e. The van der Waals surface area contributed by atoms with Crippen LogP contribution >= 0.6 is 15.6 Å². The van der Waals surface area contributed by atoms with E-state index in [9.17, 15) is 24.2 Å². The van der Waals surface area contributed by atoms with Crippen LogP contribution in [0.4, 0.5) is 11.8 Å². The van der Waals surface area contributed by atoms with Crippen molar-refractivity contribution in [2.45, 2.75) is 24.5 Å². The fraction of sp³-hybridized carbons (Fsp3) is 0.500. The van der Waals surface area contributed by atoms with Gasteiger partial charge in [0.1, 0.15) is 24.6 Å². The number of nitrogen functional groups attached to an aromatic ring is 1. The third-order valence-electron chi connectivity index (χ3n) is 3.82. The van der Waals surface area contributed by atoms with Crippen LogP contribution in [-0.4, -0.2) is 69.3 Å². The largest absolute Gasteiger partial charge is 1.00 e. The first kappa shape index (κ1) is 26.1. The van der Waals surface area contributed by atoms with E-state index in [4.69, 9.17) is 25.8 Å². The molecule has 1 saturated heterocycles. The normalized spacial score (nSPS) is 25.6. The Kier molecular flexibility index (Phi) is 8.19. The Hall–Kier alpha value is -1.20. The van der Waals surface area contributed by atoms with Crippen molar-refractivity contribution in [2.24, 2.45) is 5.11 Å². The molecule has 0 bridgehead atoms. The van der Waals surface area contributed by atoms with Crippen molar-refractivity contribution in [1.82, 2.24) is 19.5 Å². The summed E-state index contributed by atoms with van der Waals surface area (Å²) in [6.45, 7) is -0.914. The molecule has 18 nitrogen and oxygen atoms in total. The van der Waals surface area contributed by atoms with Crippen molar-refractivity contribution in [2.75, 3.05) is 12.3 Å². The molecule has 1 fully saturated rings. The fourth-order valence-electron chi connectivity index (χ4n) is 2.67. The van der Waals surface area contributed by atoms with Crippen LogP contribution in [0.3, 0.4) is 0 Å². The average Bonchev–Trinajstić information content (AvgIpc) is 3.11. The number of anilines is 1. The third-order valence-corrected chi connectivity index (χ3v) is 5.98. The topological polar surface area (TPSA) is 281 Å². The van der Waals surface area contributed by atoms with Crippen LogP contribution in [0.2, 0.25) is 0 Å². The second kappa shape index (κ2) is 9.74. The van der Waals surface area contributed by atoms with Crippen LogP contribution in [0.25, 0.3) is 21.6 Å². The summed E-state index contributed by atoms with van der Waals surface area (Å²) in [7, 11) is -10.6. The van der Waals surface area contributed by atoms with Gasteiger partial charge in [-0.1, -0.05) is 0 Å². The van der Waals surface area contributed by atoms with Crippen LogP contribution in [0.5, 0.6) is 0 Å². The van der Waals surface area contributed by atoms with Gasteiger partial charge in [-0.05, 0) is 10.6 Å². The SMILES string of the molecule is [N-]=[N+]=Nc1nc2c(N)ncnc2n1[C@@H]1O[C@H](COP(=O)(O)OP(=O)(O)O)[C@@H](O)[C@H]1O.[Na+]. The summed E-state index contributed by atoms with van der Waals surface area (Å²) in [5.41, 5.74) is 14.4.